The van der Waals surface area contributed by atoms with Crippen molar-refractivity contribution in [3.05, 3.63) is 47.5 Å². The molecule has 1 fully saturated rings. The minimum atomic E-state index is 0.963. The summed E-state index contributed by atoms with van der Waals surface area (Å²) in [5, 5.41) is 9.34. The van der Waals surface area contributed by atoms with Gasteiger partial charge in [-0.05, 0) is 61.6 Å². The molecule has 0 radical (unpaired) electrons. The molecule has 0 aliphatic carbocycles. The highest BCUT2D eigenvalue weighted by molar-refractivity contribution is 5.81. The van der Waals surface area contributed by atoms with E-state index in [4.69, 9.17) is 5.10 Å². The van der Waals surface area contributed by atoms with Gasteiger partial charge in [0, 0.05) is 18.8 Å². The molecule has 1 aliphatic heterocycles. The smallest absolute Gasteiger partial charge is 0.115 e. The zero-order valence-electron chi connectivity index (χ0n) is 13.8. The lowest BCUT2D eigenvalue weighted by atomic mass is 10.1. The van der Waals surface area contributed by atoms with Crippen LogP contribution in [-0.4, -0.2) is 28.1 Å². The van der Waals surface area contributed by atoms with E-state index in [-0.39, 0.29) is 0 Å². The van der Waals surface area contributed by atoms with Crippen molar-refractivity contribution in [1.29, 1.82) is 0 Å². The van der Waals surface area contributed by atoms with Gasteiger partial charge in [-0.3, -0.25) is 0 Å². The van der Waals surface area contributed by atoms with Crippen molar-refractivity contribution in [1.82, 2.24) is 15.0 Å². The number of fused-ring (bicyclic) bond motifs is 1. The van der Waals surface area contributed by atoms with E-state index in [0.717, 1.165) is 36.2 Å². The van der Waals surface area contributed by atoms with Gasteiger partial charge in [0.1, 0.15) is 11.0 Å². The van der Waals surface area contributed by atoms with Crippen LogP contribution in [0.5, 0.6) is 0 Å². The predicted molar refractivity (Wildman–Crippen MR) is 94.4 cm³/mol. The van der Waals surface area contributed by atoms with Gasteiger partial charge >= 0.3 is 0 Å². The van der Waals surface area contributed by atoms with Crippen molar-refractivity contribution in [2.45, 2.75) is 33.1 Å². The Balaban J connectivity index is 1.74. The third-order valence-electron chi connectivity index (χ3n) is 4.72. The van der Waals surface area contributed by atoms with Gasteiger partial charge in [0.2, 0.25) is 0 Å². The fraction of sp³-hybridized carbons (Fsp3) is 0.368. The Kier molecular flexibility index (Phi) is 3.52. The molecule has 0 N–H and O–H groups in total. The van der Waals surface area contributed by atoms with Crippen LogP contribution >= 0.6 is 0 Å². The quantitative estimate of drug-likeness (QED) is 0.736. The Morgan fingerprint density at radius 1 is 0.957 bits per heavy atom. The van der Waals surface area contributed by atoms with Crippen molar-refractivity contribution < 1.29 is 0 Å². The van der Waals surface area contributed by atoms with E-state index in [1.54, 1.807) is 4.80 Å². The van der Waals surface area contributed by atoms with Crippen LogP contribution in [0.3, 0.4) is 0 Å². The van der Waals surface area contributed by atoms with Gasteiger partial charge in [0.25, 0.3) is 0 Å². The highest BCUT2D eigenvalue weighted by Gasteiger charge is 2.16. The van der Waals surface area contributed by atoms with Gasteiger partial charge in [0.15, 0.2) is 0 Å². The Labute approximate surface area is 136 Å². The van der Waals surface area contributed by atoms with E-state index in [9.17, 15) is 0 Å². The van der Waals surface area contributed by atoms with Gasteiger partial charge < -0.3 is 4.90 Å². The largest absolute Gasteiger partial charge is 0.371 e. The van der Waals surface area contributed by atoms with Crippen molar-refractivity contribution in [3.63, 3.8) is 0 Å². The van der Waals surface area contributed by atoms with Crippen molar-refractivity contribution in [3.8, 4) is 5.69 Å². The maximum absolute atomic E-state index is 4.69. The highest BCUT2D eigenvalue weighted by Crippen LogP contribution is 2.28. The van der Waals surface area contributed by atoms with Crippen LogP contribution < -0.4 is 4.90 Å². The molecule has 4 nitrogen and oxygen atoms in total. The predicted octanol–water partition coefficient (Wildman–Crippen LogP) is 3.89. The van der Waals surface area contributed by atoms with Crippen LogP contribution in [0.15, 0.2) is 36.4 Å². The summed E-state index contributed by atoms with van der Waals surface area (Å²) < 4.78 is 0. The first kappa shape index (κ1) is 14.2. The Morgan fingerprint density at radius 3 is 2.26 bits per heavy atom. The van der Waals surface area contributed by atoms with E-state index in [0.29, 0.717) is 0 Å². The lowest BCUT2D eigenvalue weighted by molar-refractivity contribution is 0.765. The van der Waals surface area contributed by atoms with Crippen LogP contribution in [0.25, 0.3) is 16.7 Å². The fourth-order valence-corrected chi connectivity index (χ4v) is 3.34. The Hall–Kier alpha value is -2.36. The summed E-state index contributed by atoms with van der Waals surface area (Å²) in [6, 6.07) is 12.8. The SMILES string of the molecule is CCc1ccc(-n2nc3cc(C)c(N4CCCC4)cc3n2)cc1. The second-order valence-electron chi connectivity index (χ2n) is 6.33. The summed E-state index contributed by atoms with van der Waals surface area (Å²) in [5.74, 6) is 0. The molecule has 3 aromatic rings. The van der Waals surface area contributed by atoms with E-state index in [2.05, 4.69) is 60.2 Å². The molecule has 23 heavy (non-hydrogen) atoms. The molecule has 0 atom stereocenters. The van der Waals surface area contributed by atoms with Crippen LogP contribution in [0.2, 0.25) is 0 Å². The third-order valence-corrected chi connectivity index (χ3v) is 4.72. The third kappa shape index (κ3) is 2.58. The highest BCUT2D eigenvalue weighted by atomic mass is 15.5. The monoisotopic (exact) mass is 306 g/mol. The molecule has 1 aliphatic rings. The lowest BCUT2D eigenvalue weighted by Gasteiger charge is -2.19. The Bertz CT molecular complexity index is 826. The number of anilines is 1. The number of aryl methyl sites for hydroxylation is 2. The van der Waals surface area contributed by atoms with E-state index < -0.39 is 0 Å². The normalized spacial score (nSPS) is 14.8. The van der Waals surface area contributed by atoms with Crippen LogP contribution in [0, 0.1) is 6.92 Å². The van der Waals surface area contributed by atoms with Crippen molar-refractivity contribution in [2.24, 2.45) is 0 Å². The molecule has 1 aromatic heterocycles. The van der Waals surface area contributed by atoms with Gasteiger partial charge in [-0.15, -0.1) is 10.2 Å². The fourth-order valence-electron chi connectivity index (χ4n) is 3.34. The van der Waals surface area contributed by atoms with Gasteiger partial charge in [-0.1, -0.05) is 19.1 Å². The summed E-state index contributed by atoms with van der Waals surface area (Å²) >= 11 is 0. The molecule has 118 valence electrons. The molecule has 0 unspecified atom stereocenters. The van der Waals surface area contributed by atoms with Crippen molar-refractivity contribution >= 4 is 16.7 Å². The number of hydrogen-bond acceptors (Lipinski definition) is 3. The summed E-state index contributed by atoms with van der Waals surface area (Å²) in [5.41, 5.74) is 6.87. The van der Waals surface area contributed by atoms with Crippen molar-refractivity contribution in [2.75, 3.05) is 18.0 Å². The number of rotatable bonds is 3. The van der Waals surface area contributed by atoms with Gasteiger partial charge in [-0.2, -0.15) is 4.80 Å². The molecule has 0 spiro atoms. The molecule has 0 bridgehead atoms. The number of nitrogens with zero attached hydrogens (tertiary/aromatic N) is 4. The number of aromatic nitrogens is 3. The topological polar surface area (TPSA) is 34.0 Å². The summed E-state index contributed by atoms with van der Waals surface area (Å²) in [6.45, 7) is 6.64. The minimum Gasteiger partial charge on any atom is -0.371 e. The number of benzene rings is 2. The summed E-state index contributed by atoms with van der Waals surface area (Å²) in [7, 11) is 0. The average molecular weight is 306 g/mol. The molecule has 4 heteroatoms. The van der Waals surface area contributed by atoms with Gasteiger partial charge in [0.05, 0.1) is 5.69 Å². The molecule has 0 saturated carbocycles. The first-order valence-electron chi connectivity index (χ1n) is 8.46. The molecule has 4 rings (SSSR count). The van der Waals surface area contributed by atoms with E-state index in [1.165, 1.54) is 29.7 Å². The van der Waals surface area contributed by atoms with E-state index in [1.807, 2.05) is 0 Å². The molecule has 2 aromatic carbocycles. The first-order chi connectivity index (χ1) is 11.2. The van der Waals surface area contributed by atoms with Crippen LogP contribution in [0.1, 0.15) is 30.9 Å². The Morgan fingerprint density at radius 2 is 1.61 bits per heavy atom. The zero-order chi connectivity index (χ0) is 15.8. The molecule has 0 amide bonds. The lowest BCUT2D eigenvalue weighted by Crippen LogP contribution is -2.18. The second kappa shape index (κ2) is 5.69. The van der Waals surface area contributed by atoms with E-state index >= 15 is 0 Å². The molecule has 2 heterocycles. The average Bonchev–Trinajstić information content (AvgIpc) is 3.23. The minimum absolute atomic E-state index is 0.963. The molecular formula is C19H22N4. The van der Waals surface area contributed by atoms with Crippen LogP contribution in [0.4, 0.5) is 5.69 Å². The standard InChI is InChI=1S/C19H22N4/c1-3-15-6-8-16(9-7-15)23-20-17-12-14(2)19(13-18(17)21-23)22-10-4-5-11-22/h6-9,12-13H,3-5,10-11H2,1-2H3. The summed E-state index contributed by atoms with van der Waals surface area (Å²) in [6.07, 6.45) is 3.62. The maximum Gasteiger partial charge on any atom is 0.115 e. The zero-order valence-corrected chi connectivity index (χ0v) is 13.8. The molecule has 1 saturated heterocycles. The maximum atomic E-state index is 4.69. The summed E-state index contributed by atoms with van der Waals surface area (Å²) in [4.78, 5) is 4.21. The molecular weight excluding hydrogens is 284 g/mol. The second-order valence-corrected chi connectivity index (χ2v) is 6.33. The van der Waals surface area contributed by atoms with Gasteiger partial charge in [-0.25, -0.2) is 0 Å². The van der Waals surface area contributed by atoms with Crippen LogP contribution in [-0.2, 0) is 6.42 Å². The first-order valence-corrected chi connectivity index (χ1v) is 8.46. The number of hydrogen-bond donors (Lipinski definition) is 0.